The van der Waals surface area contributed by atoms with Crippen LogP contribution in [0.3, 0.4) is 0 Å². The summed E-state index contributed by atoms with van der Waals surface area (Å²) in [5.41, 5.74) is -5.73. The number of hydrogen-bond acceptors (Lipinski definition) is 5. The summed E-state index contributed by atoms with van der Waals surface area (Å²) in [5, 5.41) is 0. The number of rotatable bonds is 11. The molecule has 0 saturated carbocycles. The number of ether oxygens (including phenoxy) is 1. The Morgan fingerprint density at radius 2 is 1.22 bits per heavy atom. The molecule has 0 amide bonds. The molecule has 0 spiro atoms. The zero-order valence-corrected chi connectivity index (χ0v) is 23.3. The van der Waals surface area contributed by atoms with Gasteiger partial charge in [0.15, 0.2) is 0 Å². The van der Waals surface area contributed by atoms with Crippen molar-refractivity contribution >= 4 is 41.9 Å². The first-order valence-electron chi connectivity index (χ1n) is 11.9. The van der Waals surface area contributed by atoms with Crippen molar-refractivity contribution in [2.24, 2.45) is 0 Å². The summed E-state index contributed by atoms with van der Waals surface area (Å²) < 4.78 is 79.2. The quantitative estimate of drug-likeness (QED) is 0.184. The first kappa shape index (κ1) is 29.0. The van der Waals surface area contributed by atoms with Gasteiger partial charge in [-0.15, -0.1) is 0 Å². The first-order valence-corrected chi connectivity index (χ1v) is 18.0. The molecule has 0 aliphatic rings. The van der Waals surface area contributed by atoms with E-state index in [9.17, 15) is 26.4 Å². The Labute approximate surface area is 216 Å². The molecule has 0 radical (unpaired) electrons. The maximum atomic E-state index is 14.1. The van der Waals surface area contributed by atoms with Crippen LogP contribution in [0.25, 0.3) is 0 Å². The van der Waals surface area contributed by atoms with Crippen molar-refractivity contribution in [3.05, 3.63) is 91.0 Å². The van der Waals surface area contributed by atoms with E-state index in [1.807, 2.05) is 6.92 Å². The fourth-order valence-corrected chi connectivity index (χ4v) is 22.4. The Hall–Kier alpha value is -2.61. The van der Waals surface area contributed by atoms with E-state index in [-0.39, 0.29) is 26.1 Å². The van der Waals surface area contributed by atoms with Crippen LogP contribution >= 0.6 is 0 Å². The minimum absolute atomic E-state index is 0.0355. The van der Waals surface area contributed by atoms with E-state index < -0.39 is 39.1 Å². The van der Waals surface area contributed by atoms with Gasteiger partial charge in [0.05, 0.1) is 0 Å². The number of unbranched alkanes of at least 4 members (excludes halogenated alkanes) is 1. The average molecular weight is 599 g/mol. The van der Waals surface area contributed by atoms with E-state index in [0.717, 1.165) is 0 Å². The van der Waals surface area contributed by atoms with E-state index in [1.54, 1.807) is 97.9 Å². The topological polar surface area (TPSA) is 69.7 Å². The van der Waals surface area contributed by atoms with Crippen LogP contribution in [-0.2, 0) is 22.8 Å². The van der Waals surface area contributed by atoms with E-state index in [2.05, 4.69) is 0 Å². The van der Waals surface area contributed by atoms with Crippen LogP contribution in [0.2, 0.25) is 4.71 Å². The predicted octanol–water partition coefficient (Wildman–Crippen LogP) is 4.60. The Balaban J connectivity index is 2.70. The normalized spacial score (nSPS) is 14.4. The van der Waals surface area contributed by atoms with Gasteiger partial charge in [-0.05, 0) is 0 Å². The summed E-state index contributed by atoms with van der Waals surface area (Å²) in [4.78, 5) is 13.8. The minimum atomic E-state index is -6.20. The van der Waals surface area contributed by atoms with E-state index in [0.29, 0.717) is 12.8 Å². The molecule has 37 heavy (non-hydrogen) atoms. The number of esters is 1. The molecule has 0 aliphatic heterocycles. The number of alkyl halides is 3. The third-order valence-electron chi connectivity index (χ3n) is 6.33. The Morgan fingerprint density at radius 1 is 0.811 bits per heavy atom. The Kier molecular flexibility index (Phi) is 8.93. The molecule has 3 aromatic carbocycles. The second kappa shape index (κ2) is 11.4. The molecule has 1 unspecified atom stereocenters. The van der Waals surface area contributed by atoms with Gasteiger partial charge < -0.3 is 0 Å². The number of benzene rings is 3. The van der Waals surface area contributed by atoms with Gasteiger partial charge in [-0.3, -0.25) is 0 Å². The number of hydrogen-bond donors (Lipinski definition) is 0. The summed E-state index contributed by atoms with van der Waals surface area (Å²) in [6.45, 7) is 3.44. The SMILES string of the molecule is CCCCC(C(=O)OCC)[As](OS(=O)(=O)C(F)(F)F)(c1ccccc1)(c1ccccc1)c1ccccc1. The molecular weight excluding hydrogens is 568 g/mol. The molecule has 0 aromatic heterocycles. The standard InChI is InChI=1S/C27H30AsF3O5S/c1-3-5-21-25(26(32)35-4-2)28(22-15-9-6-10-16-22,23-17-11-7-12-18-23,24-19-13-8-14-20-24)36-37(33,34)27(29,30)31/h6-20,25H,3-5,21H2,1-2H3. The van der Waals surface area contributed by atoms with Crippen molar-refractivity contribution in [1.82, 2.24) is 0 Å². The Morgan fingerprint density at radius 3 is 1.54 bits per heavy atom. The summed E-state index contributed by atoms with van der Waals surface area (Å²) in [5.74, 6) is -0.795. The van der Waals surface area contributed by atoms with E-state index >= 15 is 0 Å². The molecule has 0 saturated heterocycles. The van der Waals surface area contributed by atoms with E-state index in [4.69, 9.17) is 7.91 Å². The molecule has 5 nitrogen and oxygen atoms in total. The Bertz CT molecular complexity index is 1180. The summed E-state index contributed by atoms with van der Waals surface area (Å²) in [7, 11) is -6.20. The number of carbonyl (C=O) groups is 1. The number of halogens is 3. The second-order valence-corrected chi connectivity index (χ2v) is 20.1. The van der Waals surface area contributed by atoms with Crippen molar-refractivity contribution in [2.45, 2.75) is 43.3 Å². The van der Waals surface area contributed by atoms with Gasteiger partial charge in [-0.2, -0.15) is 0 Å². The van der Waals surface area contributed by atoms with Crippen LogP contribution in [0.5, 0.6) is 0 Å². The fourth-order valence-electron chi connectivity index (χ4n) is 4.79. The molecule has 3 rings (SSSR count). The molecule has 0 aliphatic carbocycles. The summed E-state index contributed by atoms with van der Waals surface area (Å²) in [6, 6.07) is 23.9. The fraction of sp³-hybridized carbons (Fsp3) is 0.296. The summed E-state index contributed by atoms with van der Waals surface area (Å²) >= 11 is -6.16. The van der Waals surface area contributed by atoms with Gasteiger partial charge in [-0.1, -0.05) is 0 Å². The first-order chi connectivity index (χ1) is 17.5. The van der Waals surface area contributed by atoms with Crippen molar-refractivity contribution < 1.29 is 34.3 Å². The average Bonchev–Trinajstić information content (AvgIpc) is 2.89. The van der Waals surface area contributed by atoms with Crippen LogP contribution in [0.4, 0.5) is 13.2 Å². The van der Waals surface area contributed by atoms with Crippen molar-refractivity contribution in [3.63, 3.8) is 0 Å². The van der Waals surface area contributed by atoms with Gasteiger partial charge >= 0.3 is 217 Å². The third-order valence-corrected chi connectivity index (χ3v) is 22.4. The van der Waals surface area contributed by atoms with Gasteiger partial charge in [0.2, 0.25) is 0 Å². The van der Waals surface area contributed by atoms with Gasteiger partial charge in [0.1, 0.15) is 0 Å². The second-order valence-electron chi connectivity index (χ2n) is 8.49. The van der Waals surface area contributed by atoms with Crippen LogP contribution < -0.4 is 13.1 Å². The maximum absolute atomic E-state index is 14.1. The van der Waals surface area contributed by atoms with Crippen molar-refractivity contribution in [2.75, 3.05) is 6.61 Å². The van der Waals surface area contributed by atoms with Crippen LogP contribution in [-0.4, -0.2) is 39.3 Å². The molecule has 10 heteroatoms. The van der Waals surface area contributed by atoms with Gasteiger partial charge in [0, 0.05) is 0 Å². The van der Waals surface area contributed by atoms with Crippen LogP contribution in [0, 0.1) is 0 Å². The van der Waals surface area contributed by atoms with Crippen molar-refractivity contribution in [1.29, 1.82) is 0 Å². The van der Waals surface area contributed by atoms with Crippen LogP contribution in [0.15, 0.2) is 91.0 Å². The zero-order valence-electron chi connectivity index (χ0n) is 20.6. The van der Waals surface area contributed by atoms with Gasteiger partial charge in [0.25, 0.3) is 0 Å². The van der Waals surface area contributed by atoms with Crippen LogP contribution in [0.1, 0.15) is 33.1 Å². The molecule has 0 fully saturated rings. The van der Waals surface area contributed by atoms with Crippen molar-refractivity contribution in [3.8, 4) is 0 Å². The van der Waals surface area contributed by atoms with Gasteiger partial charge in [-0.25, -0.2) is 0 Å². The molecule has 0 heterocycles. The zero-order chi connectivity index (χ0) is 27.2. The molecule has 0 bridgehead atoms. The molecule has 200 valence electrons. The summed E-state index contributed by atoms with van der Waals surface area (Å²) in [6.07, 6.45) is 1.11. The molecule has 1 atom stereocenters. The number of carbonyl (C=O) groups excluding carboxylic acids is 1. The molecule has 0 N–H and O–H groups in total. The third kappa shape index (κ3) is 5.09. The van der Waals surface area contributed by atoms with E-state index in [1.165, 1.54) is 0 Å². The molecular formula is C27H30AsF3O5S. The monoisotopic (exact) mass is 598 g/mol. The predicted molar refractivity (Wildman–Crippen MR) is 140 cm³/mol. The molecule has 3 aromatic rings.